The van der Waals surface area contributed by atoms with E-state index in [0.29, 0.717) is 5.69 Å². The Morgan fingerprint density at radius 3 is 2.48 bits per heavy atom. The molecule has 1 aliphatic heterocycles. The van der Waals surface area contributed by atoms with Crippen LogP contribution in [0.2, 0.25) is 0 Å². The quantitative estimate of drug-likeness (QED) is 0.910. The fourth-order valence-corrected chi connectivity index (χ4v) is 4.77. The molecule has 0 radical (unpaired) electrons. The van der Waals surface area contributed by atoms with E-state index in [2.05, 4.69) is 5.32 Å². The van der Waals surface area contributed by atoms with Gasteiger partial charge in [-0.1, -0.05) is 24.3 Å². The maximum Gasteiger partial charge on any atom is 0.225 e. The third kappa shape index (κ3) is 3.85. The van der Waals surface area contributed by atoms with Gasteiger partial charge in [0.05, 0.1) is 21.9 Å². The number of fused-ring (bicyclic) bond motifs is 1. The number of ether oxygens (including phenoxy) is 1. The van der Waals surface area contributed by atoms with E-state index < -0.39 is 15.1 Å². The topological polar surface area (TPSA) is 72.5 Å². The number of carbonyl (C=O) groups excluding carboxylic acids is 1. The first-order valence-corrected chi connectivity index (χ1v) is 9.79. The number of hydrogen-bond donors (Lipinski definition) is 1. The highest BCUT2D eigenvalue weighted by atomic mass is 32.2. The minimum Gasteiger partial charge on any atom is -0.491 e. The van der Waals surface area contributed by atoms with Gasteiger partial charge in [-0.05, 0) is 50.1 Å². The van der Waals surface area contributed by atoms with E-state index in [1.807, 2.05) is 38.1 Å². The van der Waals surface area contributed by atoms with E-state index in [1.165, 1.54) is 0 Å². The monoisotopic (exact) mass is 359 g/mol. The van der Waals surface area contributed by atoms with Gasteiger partial charge < -0.3 is 10.1 Å². The number of sulfone groups is 1. The Labute approximate surface area is 147 Å². The van der Waals surface area contributed by atoms with Gasteiger partial charge in [0, 0.05) is 6.42 Å². The number of rotatable bonds is 4. The maximum absolute atomic E-state index is 13.0. The number of anilines is 1. The van der Waals surface area contributed by atoms with Gasteiger partial charge in [-0.15, -0.1) is 0 Å². The summed E-state index contributed by atoms with van der Waals surface area (Å²) >= 11 is 0. The summed E-state index contributed by atoms with van der Waals surface area (Å²) in [6.45, 7) is 3.89. The molecule has 1 aliphatic rings. The largest absolute Gasteiger partial charge is 0.491 e. The molecular formula is C19H21NO4S. The molecule has 1 amide bonds. The third-order valence-electron chi connectivity index (χ3n) is 4.08. The molecule has 1 heterocycles. The van der Waals surface area contributed by atoms with Crippen molar-refractivity contribution in [1.29, 1.82) is 0 Å². The van der Waals surface area contributed by atoms with E-state index in [1.54, 1.807) is 24.3 Å². The fraction of sp³-hybridized carbons (Fsp3) is 0.316. The van der Waals surface area contributed by atoms with Gasteiger partial charge in [-0.3, -0.25) is 4.79 Å². The molecule has 0 saturated heterocycles. The molecule has 0 aromatic heterocycles. The number of hydrogen-bond acceptors (Lipinski definition) is 4. The van der Waals surface area contributed by atoms with Crippen molar-refractivity contribution in [3.05, 3.63) is 54.1 Å². The lowest BCUT2D eigenvalue weighted by Crippen LogP contribution is -2.26. The van der Waals surface area contributed by atoms with Crippen LogP contribution >= 0.6 is 0 Å². The molecule has 0 aliphatic carbocycles. The molecule has 0 fully saturated rings. The van der Waals surface area contributed by atoms with Crippen LogP contribution in [-0.4, -0.2) is 25.7 Å². The van der Waals surface area contributed by atoms with Crippen molar-refractivity contribution in [2.45, 2.75) is 42.9 Å². The van der Waals surface area contributed by atoms with E-state index in [-0.39, 0.29) is 29.7 Å². The maximum atomic E-state index is 13.0. The molecule has 0 saturated carbocycles. The second kappa shape index (κ2) is 6.88. The Morgan fingerprint density at radius 2 is 1.80 bits per heavy atom. The van der Waals surface area contributed by atoms with E-state index in [0.717, 1.165) is 11.3 Å². The lowest BCUT2D eigenvalue weighted by atomic mass is 10.1. The smallest absolute Gasteiger partial charge is 0.225 e. The zero-order valence-electron chi connectivity index (χ0n) is 14.2. The summed E-state index contributed by atoms with van der Waals surface area (Å²) in [4.78, 5) is 12.3. The lowest BCUT2D eigenvalue weighted by Gasteiger charge is -2.15. The Morgan fingerprint density at radius 1 is 1.12 bits per heavy atom. The molecule has 25 heavy (non-hydrogen) atoms. The SMILES string of the molecule is CC(C)Oc1ccc(CC2CC(=O)Nc3ccccc3S2(=O)=O)cc1. The molecule has 1 N–H and O–H groups in total. The Balaban J connectivity index is 1.88. The Kier molecular flexibility index (Phi) is 4.81. The number of para-hydroxylation sites is 1. The molecule has 2 aromatic rings. The number of amides is 1. The average Bonchev–Trinajstić information content (AvgIpc) is 2.64. The summed E-state index contributed by atoms with van der Waals surface area (Å²) in [6.07, 6.45) is 0.307. The highest BCUT2D eigenvalue weighted by Crippen LogP contribution is 2.31. The van der Waals surface area contributed by atoms with Crippen molar-refractivity contribution >= 4 is 21.4 Å². The molecule has 3 rings (SSSR count). The fourth-order valence-electron chi connectivity index (χ4n) is 2.94. The molecule has 2 aromatic carbocycles. The van der Waals surface area contributed by atoms with Gasteiger partial charge in [0.2, 0.25) is 5.91 Å². The van der Waals surface area contributed by atoms with Gasteiger partial charge in [0.15, 0.2) is 9.84 Å². The van der Waals surface area contributed by atoms with Crippen LogP contribution in [-0.2, 0) is 21.1 Å². The standard InChI is InChI=1S/C19H21NO4S/c1-13(2)24-15-9-7-14(8-10-15)11-16-12-19(21)20-17-5-3-4-6-18(17)25(16,22)23/h3-10,13,16H,11-12H2,1-2H3,(H,20,21). The van der Waals surface area contributed by atoms with Crippen LogP contribution in [0.5, 0.6) is 5.75 Å². The van der Waals surface area contributed by atoms with E-state index >= 15 is 0 Å². The minimum atomic E-state index is -3.59. The average molecular weight is 359 g/mol. The second-order valence-corrected chi connectivity index (χ2v) is 8.63. The van der Waals surface area contributed by atoms with Crippen LogP contribution < -0.4 is 10.1 Å². The predicted octanol–water partition coefficient (Wildman–Crippen LogP) is 3.20. The molecule has 132 valence electrons. The van der Waals surface area contributed by atoms with Crippen molar-refractivity contribution in [2.24, 2.45) is 0 Å². The molecule has 1 atom stereocenters. The normalized spacial score (nSPS) is 19.0. The van der Waals surface area contributed by atoms with Crippen molar-refractivity contribution < 1.29 is 17.9 Å². The summed E-state index contributed by atoms with van der Waals surface area (Å²) < 4.78 is 31.5. The highest BCUT2D eigenvalue weighted by molar-refractivity contribution is 7.92. The molecular weight excluding hydrogens is 338 g/mol. The van der Waals surface area contributed by atoms with Crippen LogP contribution in [0.15, 0.2) is 53.4 Å². The molecule has 0 spiro atoms. The van der Waals surface area contributed by atoms with Crippen LogP contribution in [0, 0.1) is 0 Å². The summed E-state index contributed by atoms with van der Waals surface area (Å²) in [5.41, 5.74) is 1.22. The van der Waals surface area contributed by atoms with Crippen molar-refractivity contribution in [1.82, 2.24) is 0 Å². The summed E-state index contributed by atoms with van der Waals surface area (Å²) in [5, 5.41) is 1.90. The molecule has 0 bridgehead atoms. The van der Waals surface area contributed by atoms with E-state index in [9.17, 15) is 13.2 Å². The van der Waals surface area contributed by atoms with Crippen LogP contribution in [0.3, 0.4) is 0 Å². The van der Waals surface area contributed by atoms with Crippen molar-refractivity contribution in [3.8, 4) is 5.75 Å². The molecule has 1 unspecified atom stereocenters. The van der Waals surface area contributed by atoms with Gasteiger partial charge >= 0.3 is 0 Å². The predicted molar refractivity (Wildman–Crippen MR) is 96.6 cm³/mol. The van der Waals surface area contributed by atoms with Crippen LogP contribution in [0.25, 0.3) is 0 Å². The number of benzene rings is 2. The molecule has 6 heteroatoms. The van der Waals surface area contributed by atoms with Crippen LogP contribution in [0.1, 0.15) is 25.8 Å². The zero-order chi connectivity index (χ0) is 18.0. The minimum absolute atomic E-state index is 0.0543. The first-order chi connectivity index (χ1) is 11.9. The summed E-state index contributed by atoms with van der Waals surface area (Å²) in [6, 6.07) is 13.9. The first-order valence-electron chi connectivity index (χ1n) is 8.24. The Hall–Kier alpha value is -2.34. The van der Waals surface area contributed by atoms with Crippen LogP contribution in [0.4, 0.5) is 5.69 Å². The van der Waals surface area contributed by atoms with Crippen molar-refractivity contribution in [2.75, 3.05) is 5.32 Å². The summed E-state index contributed by atoms with van der Waals surface area (Å²) in [7, 11) is -3.59. The second-order valence-electron chi connectivity index (χ2n) is 6.43. The third-order valence-corrected chi connectivity index (χ3v) is 6.26. The molecule has 5 nitrogen and oxygen atoms in total. The Bertz CT molecular complexity index is 873. The van der Waals surface area contributed by atoms with Gasteiger partial charge in [0.25, 0.3) is 0 Å². The van der Waals surface area contributed by atoms with Gasteiger partial charge in [-0.25, -0.2) is 8.42 Å². The van der Waals surface area contributed by atoms with E-state index in [4.69, 9.17) is 4.74 Å². The number of carbonyl (C=O) groups is 1. The highest BCUT2D eigenvalue weighted by Gasteiger charge is 2.34. The van der Waals surface area contributed by atoms with Gasteiger partial charge in [0.1, 0.15) is 5.75 Å². The van der Waals surface area contributed by atoms with Crippen molar-refractivity contribution in [3.63, 3.8) is 0 Å². The van der Waals surface area contributed by atoms with Gasteiger partial charge in [-0.2, -0.15) is 0 Å². The lowest BCUT2D eigenvalue weighted by molar-refractivity contribution is -0.116. The summed E-state index contributed by atoms with van der Waals surface area (Å²) in [5.74, 6) is 0.462. The first kappa shape index (κ1) is 17.5. The zero-order valence-corrected chi connectivity index (χ0v) is 15.0. The number of nitrogens with one attached hydrogen (secondary N) is 1.